The van der Waals surface area contributed by atoms with Gasteiger partial charge >= 0.3 is 0 Å². The Morgan fingerprint density at radius 3 is 2.53 bits per heavy atom. The maximum absolute atomic E-state index is 10.0. The van der Waals surface area contributed by atoms with E-state index in [-0.39, 0.29) is 6.10 Å². The van der Waals surface area contributed by atoms with Crippen LogP contribution in [0.1, 0.15) is 32.3 Å². The van der Waals surface area contributed by atoms with Crippen LogP contribution < -0.4 is 11.1 Å². The first kappa shape index (κ1) is 13.8. The van der Waals surface area contributed by atoms with Crippen molar-refractivity contribution in [2.24, 2.45) is 5.92 Å². The molecule has 0 saturated carbocycles. The quantitative estimate of drug-likeness (QED) is 0.666. The number of hydrogen-bond acceptors (Lipinski definition) is 3. The number of hydrogen-bond donors (Lipinski definition) is 3. The van der Waals surface area contributed by atoms with Gasteiger partial charge in [-0.05, 0) is 24.5 Å². The van der Waals surface area contributed by atoms with Crippen LogP contribution in [-0.2, 0) is 0 Å². The lowest BCUT2D eigenvalue weighted by Crippen LogP contribution is -2.27. The summed E-state index contributed by atoms with van der Waals surface area (Å²) in [5.41, 5.74) is 8.71. The Morgan fingerprint density at radius 1 is 1.29 bits per heavy atom. The van der Waals surface area contributed by atoms with E-state index in [0.29, 0.717) is 12.5 Å². The van der Waals surface area contributed by atoms with Crippen molar-refractivity contribution < 1.29 is 5.11 Å². The van der Waals surface area contributed by atoms with Crippen LogP contribution in [0.3, 0.4) is 0 Å². The summed E-state index contributed by atoms with van der Waals surface area (Å²) in [5, 5.41) is 13.3. The second-order valence-electron chi connectivity index (χ2n) is 4.56. The summed E-state index contributed by atoms with van der Waals surface area (Å²) in [6, 6.07) is 5.90. The summed E-state index contributed by atoms with van der Waals surface area (Å²) in [5.74, 6) is 0.355. The second kappa shape index (κ2) is 6.50. The van der Waals surface area contributed by atoms with Crippen molar-refractivity contribution in [3.05, 3.63) is 23.8 Å². The molecule has 3 nitrogen and oxygen atoms in total. The Bertz CT molecular complexity index is 348. The Labute approximate surface area is 104 Å². The molecule has 0 spiro atoms. The molecule has 0 aliphatic rings. The Kier molecular flexibility index (Phi) is 5.29. The van der Waals surface area contributed by atoms with Crippen LogP contribution in [0, 0.1) is 12.8 Å². The van der Waals surface area contributed by atoms with Gasteiger partial charge in [0.2, 0.25) is 0 Å². The molecule has 1 aromatic rings. The third-order valence-corrected chi connectivity index (χ3v) is 3.42. The molecule has 1 atom stereocenters. The lowest BCUT2D eigenvalue weighted by Gasteiger charge is -2.21. The molecule has 0 aliphatic carbocycles. The van der Waals surface area contributed by atoms with Gasteiger partial charge in [-0.3, -0.25) is 0 Å². The fourth-order valence-corrected chi connectivity index (χ4v) is 2.05. The average molecular weight is 236 g/mol. The van der Waals surface area contributed by atoms with Gasteiger partial charge in [-0.2, -0.15) is 0 Å². The summed E-state index contributed by atoms with van der Waals surface area (Å²) >= 11 is 0. The second-order valence-corrected chi connectivity index (χ2v) is 4.56. The normalized spacial score (nSPS) is 12.8. The highest BCUT2D eigenvalue weighted by Gasteiger charge is 2.15. The standard InChI is InChI=1S/C14H24N2O/c1-4-11(5-2)13(17)9-16-12-8-6-7-10(3)14(12)15/h6-8,11,13,16-17H,4-5,9,15H2,1-3H3. The highest BCUT2D eigenvalue weighted by molar-refractivity contribution is 5.69. The molecule has 0 fully saturated rings. The van der Waals surface area contributed by atoms with E-state index >= 15 is 0 Å². The number of nitrogens with two attached hydrogens (primary N) is 1. The molecular formula is C14H24N2O. The van der Waals surface area contributed by atoms with Crippen LogP contribution in [0.25, 0.3) is 0 Å². The fraction of sp³-hybridized carbons (Fsp3) is 0.571. The maximum Gasteiger partial charge on any atom is 0.0740 e. The highest BCUT2D eigenvalue weighted by Crippen LogP contribution is 2.22. The van der Waals surface area contributed by atoms with Crippen molar-refractivity contribution in [3.63, 3.8) is 0 Å². The van der Waals surface area contributed by atoms with E-state index < -0.39 is 0 Å². The average Bonchev–Trinajstić information content (AvgIpc) is 2.32. The van der Waals surface area contributed by atoms with E-state index in [1.165, 1.54) is 0 Å². The van der Waals surface area contributed by atoms with E-state index in [9.17, 15) is 5.11 Å². The zero-order chi connectivity index (χ0) is 12.8. The van der Waals surface area contributed by atoms with E-state index in [0.717, 1.165) is 29.8 Å². The molecular weight excluding hydrogens is 212 g/mol. The van der Waals surface area contributed by atoms with Gasteiger partial charge in [0, 0.05) is 6.54 Å². The fourth-order valence-electron chi connectivity index (χ4n) is 2.05. The van der Waals surface area contributed by atoms with Gasteiger partial charge in [0.1, 0.15) is 0 Å². The number of anilines is 2. The van der Waals surface area contributed by atoms with Gasteiger partial charge in [0.05, 0.1) is 17.5 Å². The maximum atomic E-state index is 10.0. The molecule has 0 saturated heterocycles. The summed E-state index contributed by atoms with van der Waals surface area (Å²) in [6.45, 7) is 6.76. The number of aliphatic hydroxyl groups is 1. The molecule has 1 rings (SSSR count). The number of benzene rings is 1. The SMILES string of the molecule is CCC(CC)C(O)CNc1cccc(C)c1N. The molecule has 3 heteroatoms. The van der Waals surface area contributed by atoms with E-state index in [4.69, 9.17) is 5.73 Å². The lowest BCUT2D eigenvalue weighted by molar-refractivity contribution is 0.114. The molecule has 17 heavy (non-hydrogen) atoms. The number of nitrogens with one attached hydrogen (secondary N) is 1. The number of rotatable bonds is 6. The minimum atomic E-state index is -0.315. The van der Waals surface area contributed by atoms with Crippen LogP contribution in [0.2, 0.25) is 0 Å². The Balaban J connectivity index is 2.58. The predicted octanol–water partition coefficient (Wildman–Crippen LogP) is 2.79. The van der Waals surface area contributed by atoms with Crippen molar-refractivity contribution in [2.45, 2.75) is 39.7 Å². The van der Waals surface area contributed by atoms with E-state index in [2.05, 4.69) is 19.2 Å². The van der Waals surface area contributed by atoms with Crippen molar-refractivity contribution in [1.82, 2.24) is 0 Å². The topological polar surface area (TPSA) is 58.3 Å². The minimum Gasteiger partial charge on any atom is -0.397 e. The number of aryl methyl sites for hydroxylation is 1. The number of nitrogen functional groups attached to an aromatic ring is 1. The summed E-state index contributed by atoms with van der Waals surface area (Å²) in [4.78, 5) is 0. The van der Waals surface area contributed by atoms with Crippen LogP contribution in [0.4, 0.5) is 11.4 Å². The zero-order valence-corrected chi connectivity index (χ0v) is 11.0. The summed E-state index contributed by atoms with van der Waals surface area (Å²) in [7, 11) is 0. The molecule has 96 valence electrons. The van der Waals surface area contributed by atoms with E-state index in [1.807, 2.05) is 25.1 Å². The van der Waals surface area contributed by atoms with Gasteiger partial charge in [-0.25, -0.2) is 0 Å². The van der Waals surface area contributed by atoms with Crippen LogP contribution in [0.15, 0.2) is 18.2 Å². The van der Waals surface area contributed by atoms with Gasteiger partial charge in [0.15, 0.2) is 0 Å². The first-order valence-electron chi connectivity index (χ1n) is 6.37. The van der Waals surface area contributed by atoms with Crippen molar-refractivity contribution in [1.29, 1.82) is 0 Å². The summed E-state index contributed by atoms with van der Waals surface area (Å²) < 4.78 is 0. The van der Waals surface area contributed by atoms with Crippen LogP contribution >= 0.6 is 0 Å². The summed E-state index contributed by atoms with van der Waals surface area (Å²) in [6.07, 6.45) is 1.69. The Hall–Kier alpha value is -1.22. The monoisotopic (exact) mass is 236 g/mol. The number of aliphatic hydroxyl groups excluding tert-OH is 1. The van der Waals surface area contributed by atoms with Crippen molar-refractivity contribution >= 4 is 11.4 Å². The third-order valence-electron chi connectivity index (χ3n) is 3.42. The lowest BCUT2D eigenvalue weighted by atomic mass is 9.96. The van der Waals surface area contributed by atoms with Crippen molar-refractivity contribution in [3.8, 4) is 0 Å². The Morgan fingerprint density at radius 2 is 1.94 bits per heavy atom. The smallest absolute Gasteiger partial charge is 0.0740 e. The largest absolute Gasteiger partial charge is 0.397 e. The third kappa shape index (κ3) is 3.63. The molecule has 0 bridgehead atoms. The molecule has 1 unspecified atom stereocenters. The predicted molar refractivity (Wildman–Crippen MR) is 74.2 cm³/mol. The van der Waals surface area contributed by atoms with Crippen LogP contribution in [0.5, 0.6) is 0 Å². The van der Waals surface area contributed by atoms with Gasteiger partial charge in [-0.15, -0.1) is 0 Å². The van der Waals surface area contributed by atoms with Crippen molar-refractivity contribution in [2.75, 3.05) is 17.6 Å². The molecule has 0 radical (unpaired) electrons. The zero-order valence-electron chi connectivity index (χ0n) is 11.0. The van der Waals surface area contributed by atoms with Gasteiger partial charge in [-0.1, -0.05) is 38.8 Å². The molecule has 0 amide bonds. The minimum absolute atomic E-state index is 0.315. The number of para-hydroxylation sites is 1. The van der Waals surface area contributed by atoms with Gasteiger partial charge < -0.3 is 16.2 Å². The van der Waals surface area contributed by atoms with E-state index in [1.54, 1.807) is 0 Å². The van der Waals surface area contributed by atoms with Gasteiger partial charge in [0.25, 0.3) is 0 Å². The highest BCUT2D eigenvalue weighted by atomic mass is 16.3. The molecule has 0 aliphatic heterocycles. The van der Waals surface area contributed by atoms with Crippen LogP contribution in [-0.4, -0.2) is 17.8 Å². The molecule has 4 N–H and O–H groups in total. The molecule has 0 heterocycles. The molecule has 1 aromatic carbocycles. The molecule has 0 aromatic heterocycles. The first-order valence-corrected chi connectivity index (χ1v) is 6.37. The first-order chi connectivity index (χ1) is 8.10.